The van der Waals surface area contributed by atoms with Gasteiger partial charge in [0.2, 0.25) is 0 Å². The first-order chi connectivity index (χ1) is 7.64. The summed E-state index contributed by atoms with van der Waals surface area (Å²) in [5, 5.41) is 12.2. The van der Waals surface area contributed by atoms with Crippen molar-refractivity contribution in [2.24, 2.45) is 5.41 Å². The van der Waals surface area contributed by atoms with Crippen LogP contribution in [0, 0.1) is 16.7 Å². The van der Waals surface area contributed by atoms with Gasteiger partial charge in [-0.05, 0) is 39.3 Å². The third-order valence-electron chi connectivity index (χ3n) is 2.62. The molecule has 0 unspecified atom stereocenters. The molecule has 0 aromatic carbocycles. The van der Waals surface area contributed by atoms with Crippen molar-refractivity contribution in [3.05, 3.63) is 24.2 Å². The number of rotatable bonds is 7. The second-order valence-electron chi connectivity index (χ2n) is 4.76. The first-order valence-electron chi connectivity index (χ1n) is 5.77. The summed E-state index contributed by atoms with van der Waals surface area (Å²) in [5.74, 6) is 0. The molecular weight excluding hydrogens is 200 g/mol. The van der Waals surface area contributed by atoms with Crippen molar-refractivity contribution in [2.75, 3.05) is 6.54 Å². The minimum Gasteiger partial charge on any atom is -0.472 e. The molecule has 16 heavy (non-hydrogen) atoms. The second-order valence-corrected chi connectivity index (χ2v) is 4.76. The Hall–Kier alpha value is -1.27. The van der Waals surface area contributed by atoms with E-state index in [1.54, 1.807) is 12.5 Å². The van der Waals surface area contributed by atoms with Crippen molar-refractivity contribution in [1.82, 2.24) is 5.32 Å². The molecule has 0 aliphatic rings. The van der Waals surface area contributed by atoms with Crippen molar-refractivity contribution >= 4 is 0 Å². The van der Waals surface area contributed by atoms with Crippen LogP contribution in [0.3, 0.4) is 0 Å². The van der Waals surface area contributed by atoms with Gasteiger partial charge in [0.15, 0.2) is 0 Å². The topological polar surface area (TPSA) is 49.0 Å². The average molecular weight is 220 g/mol. The van der Waals surface area contributed by atoms with Crippen molar-refractivity contribution in [1.29, 1.82) is 5.26 Å². The van der Waals surface area contributed by atoms with Crippen LogP contribution in [-0.4, -0.2) is 6.54 Å². The van der Waals surface area contributed by atoms with E-state index in [1.807, 2.05) is 19.9 Å². The Bertz CT molecular complexity index is 322. The molecule has 0 aliphatic heterocycles. The van der Waals surface area contributed by atoms with Gasteiger partial charge in [0.05, 0.1) is 24.0 Å². The van der Waals surface area contributed by atoms with Gasteiger partial charge < -0.3 is 9.73 Å². The summed E-state index contributed by atoms with van der Waals surface area (Å²) in [4.78, 5) is 0. The first-order valence-corrected chi connectivity index (χ1v) is 5.77. The van der Waals surface area contributed by atoms with E-state index in [-0.39, 0.29) is 5.41 Å². The standard InChI is InChI=1S/C13H20N2O/c1-13(2,11-14)6-3-4-7-15-9-12-5-8-16-10-12/h5,8,10,15H,3-4,6-7,9H2,1-2H3. The minimum atomic E-state index is -0.176. The van der Waals surface area contributed by atoms with Crippen LogP contribution >= 0.6 is 0 Å². The third kappa shape index (κ3) is 4.99. The number of hydrogen-bond acceptors (Lipinski definition) is 3. The van der Waals surface area contributed by atoms with E-state index in [9.17, 15) is 0 Å². The van der Waals surface area contributed by atoms with Crippen LogP contribution in [0.2, 0.25) is 0 Å². The van der Waals surface area contributed by atoms with E-state index in [2.05, 4.69) is 11.4 Å². The van der Waals surface area contributed by atoms with Crippen LogP contribution in [0.25, 0.3) is 0 Å². The Kier molecular flexibility index (Phi) is 5.07. The molecule has 1 aromatic heterocycles. The monoisotopic (exact) mass is 220 g/mol. The molecule has 1 heterocycles. The quantitative estimate of drug-likeness (QED) is 0.718. The number of hydrogen-bond donors (Lipinski definition) is 1. The lowest BCUT2D eigenvalue weighted by Crippen LogP contribution is -2.15. The molecule has 1 N–H and O–H groups in total. The van der Waals surface area contributed by atoms with Gasteiger partial charge in [0, 0.05) is 12.1 Å². The van der Waals surface area contributed by atoms with Crippen LogP contribution in [-0.2, 0) is 6.54 Å². The molecule has 88 valence electrons. The highest BCUT2D eigenvalue weighted by Crippen LogP contribution is 2.21. The van der Waals surface area contributed by atoms with Gasteiger partial charge in [-0.1, -0.05) is 6.42 Å². The maximum atomic E-state index is 8.85. The molecule has 1 rings (SSSR count). The highest BCUT2D eigenvalue weighted by molar-refractivity contribution is 5.04. The summed E-state index contributed by atoms with van der Waals surface area (Å²) < 4.78 is 4.98. The van der Waals surface area contributed by atoms with Gasteiger partial charge in [-0.25, -0.2) is 0 Å². The normalized spacial score (nSPS) is 11.3. The lowest BCUT2D eigenvalue weighted by atomic mass is 9.89. The van der Waals surface area contributed by atoms with Gasteiger partial charge in [-0.3, -0.25) is 0 Å². The molecule has 0 amide bonds. The number of nitrogens with one attached hydrogen (secondary N) is 1. The van der Waals surface area contributed by atoms with Gasteiger partial charge in [-0.2, -0.15) is 5.26 Å². The summed E-state index contributed by atoms with van der Waals surface area (Å²) >= 11 is 0. The second kappa shape index (κ2) is 6.34. The molecule has 0 saturated carbocycles. The predicted molar refractivity (Wildman–Crippen MR) is 63.7 cm³/mol. The number of nitriles is 1. The van der Waals surface area contributed by atoms with Crippen LogP contribution in [0.15, 0.2) is 23.0 Å². The SMILES string of the molecule is CC(C)(C#N)CCCCNCc1ccoc1. The minimum absolute atomic E-state index is 0.176. The van der Waals surface area contributed by atoms with Gasteiger partial charge in [0.25, 0.3) is 0 Å². The fourth-order valence-corrected chi connectivity index (χ4v) is 1.50. The Morgan fingerprint density at radius 1 is 1.44 bits per heavy atom. The molecule has 0 bridgehead atoms. The van der Waals surface area contributed by atoms with Gasteiger partial charge >= 0.3 is 0 Å². The molecule has 1 aromatic rings. The molecule has 0 aliphatic carbocycles. The zero-order valence-corrected chi connectivity index (χ0v) is 10.1. The molecule has 0 radical (unpaired) electrons. The van der Waals surface area contributed by atoms with E-state index in [0.29, 0.717) is 0 Å². The zero-order valence-electron chi connectivity index (χ0n) is 10.1. The Morgan fingerprint density at radius 2 is 2.25 bits per heavy atom. The van der Waals surface area contributed by atoms with Gasteiger partial charge in [0.1, 0.15) is 0 Å². The molecule has 0 atom stereocenters. The maximum absolute atomic E-state index is 8.85. The van der Waals surface area contributed by atoms with Crippen molar-refractivity contribution in [3.63, 3.8) is 0 Å². The van der Waals surface area contributed by atoms with Crippen LogP contribution < -0.4 is 5.32 Å². The predicted octanol–water partition coefficient (Wildman–Crippen LogP) is 3.09. The lowest BCUT2D eigenvalue weighted by molar-refractivity contribution is 0.422. The highest BCUT2D eigenvalue weighted by Gasteiger charge is 2.15. The summed E-state index contributed by atoms with van der Waals surface area (Å²) in [6.45, 7) is 5.84. The van der Waals surface area contributed by atoms with Crippen LogP contribution in [0.4, 0.5) is 0 Å². The average Bonchev–Trinajstić information content (AvgIpc) is 2.76. The molecule has 0 saturated heterocycles. The third-order valence-corrected chi connectivity index (χ3v) is 2.62. The molecule has 3 heteroatoms. The van der Waals surface area contributed by atoms with Crippen molar-refractivity contribution in [2.45, 2.75) is 39.7 Å². The molecule has 0 spiro atoms. The fraction of sp³-hybridized carbons (Fsp3) is 0.615. The fourth-order valence-electron chi connectivity index (χ4n) is 1.50. The van der Waals surface area contributed by atoms with E-state index < -0.39 is 0 Å². The zero-order chi connectivity index (χ0) is 11.9. The number of furan rings is 1. The first kappa shape index (κ1) is 12.8. The Labute approximate surface area is 97.5 Å². The van der Waals surface area contributed by atoms with Gasteiger partial charge in [-0.15, -0.1) is 0 Å². The highest BCUT2D eigenvalue weighted by atomic mass is 16.3. The maximum Gasteiger partial charge on any atom is 0.0947 e. The lowest BCUT2D eigenvalue weighted by Gasteiger charge is -2.14. The van der Waals surface area contributed by atoms with Crippen LogP contribution in [0.5, 0.6) is 0 Å². The van der Waals surface area contributed by atoms with Crippen LogP contribution in [0.1, 0.15) is 38.7 Å². The summed E-state index contributed by atoms with van der Waals surface area (Å²) in [6, 6.07) is 4.29. The smallest absolute Gasteiger partial charge is 0.0947 e. The molecule has 0 fully saturated rings. The van der Waals surface area contributed by atoms with E-state index in [0.717, 1.165) is 32.4 Å². The molecular formula is C13H20N2O. The molecule has 3 nitrogen and oxygen atoms in total. The Morgan fingerprint density at radius 3 is 2.88 bits per heavy atom. The van der Waals surface area contributed by atoms with E-state index in [4.69, 9.17) is 9.68 Å². The summed E-state index contributed by atoms with van der Waals surface area (Å²) in [6.07, 6.45) is 6.62. The van der Waals surface area contributed by atoms with Crippen molar-refractivity contribution < 1.29 is 4.42 Å². The summed E-state index contributed by atoms with van der Waals surface area (Å²) in [7, 11) is 0. The van der Waals surface area contributed by atoms with E-state index in [1.165, 1.54) is 5.56 Å². The Balaban J connectivity index is 1.99. The number of nitrogens with zero attached hydrogens (tertiary/aromatic N) is 1. The number of unbranched alkanes of at least 4 members (excludes halogenated alkanes) is 1. The van der Waals surface area contributed by atoms with E-state index >= 15 is 0 Å². The van der Waals surface area contributed by atoms with Crippen molar-refractivity contribution in [3.8, 4) is 6.07 Å². The summed E-state index contributed by atoms with van der Waals surface area (Å²) in [5.41, 5.74) is 1.00. The largest absolute Gasteiger partial charge is 0.472 e.